The van der Waals surface area contributed by atoms with Crippen molar-refractivity contribution in [3.8, 4) is 5.75 Å². The van der Waals surface area contributed by atoms with Crippen molar-refractivity contribution < 1.29 is 40.6 Å². The third-order valence-electron chi connectivity index (χ3n) is 2.46. The van der Waals surface area contributed by atoms with Crippen LogP contribution in [0.25, 0.3) is 0 Å². The summed E-state index contributed by atoms with van der Waals surface area (Å²) < 4.78 is 88.1. The summed E-state index contributed by atoms with van der Waals surface area (Å²) in [6.07, 6.45) is -6.00. The van der Waals surface area contributed by atoms with Crippen LogP contribution < -0.4 is 5.43 Å². The molecule has 24 heavy (non-hydrogen) atoms. The molecule has 0 aromatic heterocycles. The molecule has 0 aliphatic rings. The first-order valence-corrected chi connectivity index (χ1v) is 7.71. The highest BCUT2D eigenvalue weighted by Crippen LogP contribution is 2.46. The number of rotatable bonds is 4. The minimum Gasteiger partial charge on any atom is -0.506 e. The molecule has 0 saturated heterocycles. The van der Waals surface area contributed by atoms with E-state index in [4.69, 9.17) is 0 Å². The van der Waals surface area contributed by atoms with Crippen molar-refractivity contribution in [2.75, 3.05) is 0 Å². The lowest BCUT2D eigenvalue weighted by Crippen LogP contribution is -2.58. The average Bonchev–Trinajstić information content (AvgIpc) is 2.42. The first-order valence-electron chi connectivity index (χ1n) is 5.55. The molecule has 0 radical (unpaired) electrons. The van der Waals surface area contributed by atoms with Crippen LogP contribution in [0.2, 0.25) is 0 Å². The van der Waals surface area contributed by atoms with E-state index in [1.807, 2.05) is 22.6 Å². The Morgan fingerprint density at radius 1 is 1.12 bits per heavy atom. The zero-order chi connectivity index (χ0) is 18.9. The fraction of sp³-hybridized carbons (Fsp3) is 0.273. The van der Waals surface area contributed by atoms with Crippen LogP contribution in [0.1, 0.15) is 5.56 Å². The number of phenolic OH excluding ortho intramolecular Hbond substituents is 1. The predicted molar refractivity (Wildman–Crippen MR) is 85.2 cm³/mol. The average molecular weight is 584 g/mol. The lowest BCUT2D eigenvalue weighted by molar-refractivity contribution is -0.344. The van der Waals surface area contributed by atoms with Gasteiger partial charge in [0.25, 0.3) is 0 Å². The summed E-state index contributed by atoms with van der Waals surface area (Å²) in [7, 11) is 0. The molecule has 13 heteroatoms. The molecule has 1 aromatic rings. The molecule has 0 fully saturated rings. The third kappa shape index (κ3) is 4.20. The maximum absolute atomic E-state index is 13.0. The van der Waals surface area contributed by atoms with Crippen molar-refractivity contribution >= 4 is 57.3 Å². The second kappa shape index (κ2) is 7.17. The highest BCUT2D eigenvalue weighted by molar-refractivity contribution is 14.1. The van der Waals surface area contributed by atoms with Crippen molar-refractivity contribution in [1.82, 2.24) is 5.43 Å². The summed E-state index contributed by atoms with van der Waals surface area (Å²) in [5.74, 6) is -15.9. The Morgan fingerprint density at radius 3 is 2.17 bits per heavy atom. The van der Waals surface area contributed by atoms with E-state index in [0.717, 1.165) is 5.43 Å². The number of hydrogen-bond donors (Lipinski definition) is 2. The Balaban J connectivity index is 2.97. The zero-order valence-electron chi connectivity index (χ0n) is 10.9. The number of amides is 1. The molecule has 1 amide bonds. The van der Waals surface area contributed by atoms with Crippen LogP contribution in [0.4, 0.5) is 30.7 Å². The third-order valence-corrected chi connectivity index (χ3v) is 3.91. The van der Waals surface area contributed by atoms with Gasteiger partial charge in [-0.25, -0.2) is 5.43 Å². The Morgan fingerprint density at radius 2 is 1.67 bits per heavy atom. The van der Waals surface area contributed by atoms with E-state index in [1.54, 1.807) is 22.6 Å². The van der Waals surface area contributed by atoms with Crippen LogP contribution in [0.15, 0.2) is 17.2 Å². The van der Waals surface area contributed by atoms with Gasteiger partial charge in [0.05, 0.1) is 9.78 Å². The molecule has 0 atom stereocenters. The van der Waals surface area contributed by atoms with Gasteiger partial charge in [-0.1, -0.05) is 0 Å². The van der Waals surface area contributed by atoms with Crippen molar-refractivity contribution in [3.05, 3.63) is 24.8 Å². The van der Waals surface area contributed by atoms with E-state index < -0.39 is 23.9 Å². The molecule has 4 nitrogen and oxygen atoms in total. The van der Waals surface area contributed by atoms with Gasteiger partial charge < -0.3 is 5.11 Å². The molecule has 0 aliphatic heterocycles. The number of nitrogens with zero attached hydrogens (tertiary/aromatic N) is 1. The van der Waals surface area contributed by atoms with Gasteiger partial charge in [-0.3, -0.25) is 4.79 Å². The topological polar surface area (TPSA) is 61.7 Å². The summed E-state index contributed by atoms with van der Waals surface area (Å²) in [5.41, 5.74) is 0.829. The van der Waals surface area contributed by atoms with E-state index in [0.29, 0.717) is 13.4 Å². The van der Waals surface area contributed by atoms with Gasteiger partial charge in [-0.05, 0) is 57.3 Å². The smallest absolute Gasteiger partial charge is 0.460 e. The first kappa shape index (κ1) is 21.2. The first-order chi connectivity index (χ1) is 10.7. The monoisotopic (exact) mass is 584 g/mol. The highest BCUT2D eigenvalue weighted by atomic mass is 127. The molecule has 0 aliphatic carbocycles. The Hall–Kier alpha value is -0.870. The fourth-order valence-corrected chi connectivity index (χ4v) is 3.13. The normalized spacial score (nSPS) is 13.4. The quantitative estimate of drug-likeness (QED) is 0.245. The highest BCUT2D eigenvalue weighted by Gasteiger charge is 2.76. The number of hydrazone groups is 1. The molecule has 1 aromatic carbocycles. The largest absolute Gasteiger partial charge is 0.506 e. The lowest BCUT2D eigenvalue weighted by atomic mass is 10.1. The molecule has 0 saturated carbocycles. The number of halogens is 9. The second-order valence-electron chi connectivity index (χ2n) is 4.17. The van der Waals surface area contributed by atoms with E-state index in [9.17, 15) is 40.6 Å². The Bertz CT molecular complexity index is 677. The van der Waals surface area contributed by atoms with Gasteiger partial charge >= 0.3 is 23.9 Å². The Kier molecular flexibility index (Phi) is 6.32. The van der Waals surface area contributed by atoms with Crippen molar-refractivity contribution in [3.63, 3.8) is 0 Å². The number of phenols is 1. The van der Waals surface area contributed by atoms with Crippen LogP contribution in [-0.4, -0.2) is 35.2 Å². The van der Waals surface area contributed by atoms with Crippen LogP contribution in [0, 0.1) is 7.14 Å². The molecule has 1 rings (SSSR count). The summed E-state index contributed by atoms with van der Waals surface area (Å²) in [6.45, 7) is 0. The van der Waals surface area contributed by atoms with E-state index >= 15 is 0 Å². The van der Waals surface area contributed by atoms with Crippen LogP contribution in [-0.2, 0) is 4.79 Å². The summed E-state index contributed by atoms with van der Waals surface area (Å²) in [5, 5.41) is 12.5. The number of alkyl halides is 7. The second-order valence-corrected chi connectivity index (χ2v) is 6.58. The summed E-state index contributed by atoms with van der Waals surface area (Å²) in [4.78, 5) is 10.9. The summed E-state index contributed by atoms with van der Waals surface area (Å²) in [6, 6.07) is 2.83. The number of carbonyl (C=O) groups excluding carboxylic acids is 1. The fourth-order valence-electron chi connectivity index (χ4n) is 1.24. The maximum atomic E-state index is 13.0. The maximum Gasteiger partial charge on any atom is 0.460 e. The number of aromatic hydroxyl groups is 1. The van der Waals surface area contributed by atoms with Gasteiger partial charge in [0, 0.05) is 9.13 Å². The van der Waals surface area contributed by atoms with Crippen molar-refractivity contribution in [2.45, 2.75) is 18.0 Å². The van der Waals surface area contributed by atoms with Crippen molar-refractivity contribution in [2.24, 2.45) is 5.10 Å². The molecule has 134 valence electrons. The van der Waals surface area contributed by atoms with E-state index in [1.165, 1.54) is 12.1 Å². The molecular weight excluding hydrogens is 579 g/mol. The van der Waals surface area contributed by atoms with Gasteiger partial charge in [0.1, 0.15) is 5.75 Å². The van der Waals surface area contributed by atoms with Crippen molar-refractivity contribution in [1.29, 1.82) is 0 Å². The van der Waals surface area contributed by atoms with Crippen LogP contribution >= 0.6 is 45.2 Å². The van der Waals surface area contributed by atoms with Gasteiger partial charge in [-0.2, -0.15) is 35.8 Å². The molecule has 0 heterocycles. The standard InChI is InChI=1S/C11H5F7I2N2O2/c12-9(13,10(14,15)11(16,17)18)8(24)22-21-3-4-1-5(19)2-6(20)7(4)23/h1-3,23H,(H,22,24)/b21-3+. The summed E-state index contributed by atoms with van der Waals surface area (Å²) >= 11 is 3.56. The molecule has 0 unspecified atom stereocenters. The lowest BCUT2D eigenvalue weighted by Gasteiger charge is -2.26. The van der Waals surface area contributed by atoms with E-state index in [-0.39, 0.29) is 11.3 Å². The molecular formula is C11H5F7I2N2O2. The minimum absolute atomic E-state index is 0.0718. The zero-order valence-corrected chi connectivity index (χ0v) is 15.3. The molecule has 2 N–H and O–H groups in total. The van der Waals surface area contributed by atoms with Crippen LogP contribution in [0.5, 0.6) is 5.75 Å². The van der Waals surface area contributed by atoms with Gasteiger partial charge in [0.15, 0.2) is 0 Å². The number of benzene rings is 1. The van der Waals surface area contributed by atoms with E-state index in [2.05, 4.69) is 5.10 Å². The SMILES string of the molecule is O=C(N/N=C/c1cc(I)cc(I)c1O)C(F)(F)C(F)(F)C(F)(F)F. The number of hydrogen-bond acceptors (Lipinski definition) is 3. The molecule has 0 spiro atoms. The number of carbonyl (C=O) groups is 1. The minimum atomic E-state index is -6.62. The van der Waals surface area contributed by atoms with Crippen LogP contribution in [0.3, 0.4) is 0 Å². The molecule has 0 bridgehead atoms. The Labute approximate surface area is 156 Å². The van der Waals surface area contributed by atoms with Gasteiger partial charge in [0.2, 0.25) is 0 Å². The predicted octanol–water partition coefficient (Wildman–Crippen LogP) is 3.88. The van der Waals surface area contributed by atoms with Gasteiger partial charge in [-0.15, -0.1) is 0 Å². The number of nitrogens with one attached hydrogen (secondary N) is 1.